The van der Waals surface area contributed by atoms with E-state index in [1.165, 1.54) is 6.07 Å². The van der Waals surface area contributed by atoms with Crippen molar-refractivity contribution in [1.82, 2.24) is 5.32 Å². The SMILES string of the molecule is C=CCN(CC)c1c(F)cccc1C(C)NC. The Hall–Kier alpha value is -1.35. The van der Waals surface area contributed by atoms with Crippen LogP contribution >= 0.6 is 0 Å². The zero-order chi connectivity index (χ0) is 12.8. The van der Waals surface area contributed by atoms with Crippen LogP contribution in [0.25, 0.3) is 0 Å². The van der Waals surface area contributed by atoms with Crippen LogP contribution in [-0.4, -0.2) is 20.1 Å². The van der Waals surface area contributed by atoms with Gasteiger partial charge in [-0.25, -0.2) is 4.39 Å². The van der Waals surface area contributed by atoms with Gasteiger partial charge in [0.15, 0.2) is 0 Å². The smallest absolute Gasteiger partial charge is 0.146 e. The number of nitrogens with zero attached hydrogens (tertiary/aromatic N) is 1. The lowest BCUT2D eigenvalue weighted by Gasteiger charge is -2.27. The van der Waals surface area contributed by atoms with Crippen LogP contribution in [0.2, 0.25) is 0 Å². The van der Waals surface area contributed by atoms with Gasteiger partial charge >= 0.3 is 0 Å². The fourth-order valence-electron chi connectivity index (χ4n) is 1.90. The van der Waals surface area contributed by atoms with Crippen molar-refractivity contribution in [1.29, 1.82) is 0 Å². The summed E-state index contributed by atoms with van der Waals surface area (Å²) in [6.45, 7) is 9.18. The van der Waals surface area contributed by atoms with E-state index in [-0.39, 0.29) is 11.9 Å². The third-order valence-corrected chi connectivity index (χ3v) is 2.96. The maximum Gasteiger partial charge on any atom is 0.146 e. The van der Waals surface area contributed by atoms with Crippen molar-refractivity contribution in [2.45, 2.75) is 19.9 Å². The largest absolute Gasteiger partial charge is 0.365 e. The summed E-state index contributed by atoms with van der Waals surface area (Å²) in [4.78, 5) is 1.99. The summed E-state index contributed by atoms with van der Waals surface area (Å²) in [5, 5.41) is 3.15. The molecule has 0 saturated carbocycles. The molecule has 0 radical (unpaired) electrons. The molecule has 0 amide bonds. The minimum absolute atomic E-state index is 0.125. The number of hydrogen-bond acceptors (Lipinski definition) is 2. The highest BCUT2D eigenvalue weighted by Crippen LogP contribution is 2.29. The molecule has 17 heavy (non-hydrogen) atoms. The van der Waals surface area contributed by atoms with E-state index in [0.29, 0.717) is 12.2 Å². The molecule has 1 rings (SSSR count). The lowest BCUT2D eigenvalue weighted by Crippen LogP contribution is -2.27. The maximum absolute atomic E-state index is 14.0. The quantitative estimate of drug-likeness (QED) is 0.763. The Kier molecular flexibility index (Phi) is 5.16. The standard InChI is InChI=1S/C14H21FN2/c1-5-10-17(6-2)14-12(11(3)16-4)8-7-9-13(14)15/h5,7-9,11,16H,1,6,10H2,2-4H3. The molecule has 0 spiro atoms. The van der Waals surface area contributed by atoms with E-state index < -0.39 is 0 Å². The van der Waals surface area contributed by atoms with E-state index in [9.17, 15) is 4.39 Å². The first-order valence-corrected chi connectivity index (χ1v) is 5.97. The summed E-state index contributed by atoms with van der Waals surface area (Å²) in [6.07, 6.45) is 1.80. The summed E-state index contributed by atoms with van der Waals surface area (Å²) in [5.41, 5.74) is 1.66. The molecule has 0 saturated heterocycles. The predicted octanol–water partition coefficient (Wildman–Crippen LogP) is 3.12. The second-order valence-electron chi connectivity index (χ2n) is 4.02. The fourth-order valence-corrected chi connectivity index (χ4v) is 1.90. The van der Waals surface area contributed by atoms with Gasteiger partial charge in [-0.2, -0.15) is 0 Å². The number of para-hydroxylation sites is 1. The van der Waals surface area contributed by atoms with Crippen molar-refractivity contribution in [3.05, 3.63) is 42.2 Å². The number of hydrogen-bond donors (Lipinski definition) is 1. The van der Waals surface area contributed by atoms with Gasteiger partial charge in [0.25, 0.3) is 0 Å². The number of likely N-dealkylation sites (N-methyl/N-ethyl adjacent to an activating group) is 1. The molecule has 0 aliphatic carbocycles. The molecule has 0 heterocycles. The highest BCUT2D eigenvalue weighted by Gasteiger charge is 2.17. The van der Waals surface area contributed by atoms with Gasteiger partial charge in [0.1, 0.15) is 5.82 Å². The van der Waals surface area contributed by atoms with E-state index >= 15 is 0 Å². The van der Waals surface area contributed by atoms with E-state index in [2.05, 4.69) is 11.9 Å². The monoisotopic (exact) mass is 236 g/mol. The van der Waals surface area contributed by atoms with Gasteiger partial charge in [-0.05, 0) is 32.5 Å². The van der Waals surface area contributed by atoms with Gasteiger partial charge in [-0.1, -0.05) is 18.2 Å². The van der Waals surface area contributed by atoms with Crippen LogP contribution in [-0.2, 0) is 0 Å². The highest BCUT2D eigenvalue weighted by molar-refractivity contribution is 5.56. The van der Waals surface area contributed by atoms with E-state index in [0.717, 1.165) is 12.1 Å². The van der Waals surface area contributed by atoms with Crippen molar-refractivity contribution in [2.75, 3.05) is 25.0 Å². The molecule has 1 atom stereocenters. The Morgan fingerprint density at radius 1 is 1.53 bits per heavy atom. The zero-order valence-corrected chi connectivity index (χ0v) is 10.8. The topological polar surface area (TPSA) is 15.3 Å². The van der Waals surface area contributed by atoms with E-state index in [4.69, 9.17) is 0 Å². The second kappa shape index (κ2) is 6.40. The second-order valence-corrected chi connectivity index (χ2v) is 4.02. The molecule has 0 aliphatic heterocycles. The highest BCUT2D eigenvalue weighted by atomic mass is 19.1. The van der Waals surface area contributed by atoms with Crippen molar-refractivity contribution in [3.8, 4) is 0 Å². The van der Waals surface area contributed by atoms with Crippen LogP contribution in [0.5, 0.6) is 0 Å². The van der Waals surface area contributed by atoms with Crippen molar-refractivity contribution in [2.24, 2.45) is 0 Å². The molecular weight excluding hydrogens is 215 g/mol. The molecular formula is C14H21FN2. The minimum atomic E-state index is -0.173. The number of rotatable bonds is 6. The summed E-state index contributed by atoms with van der Waals surface area (Å²) in [5.74, 6) is -0.173. The van der Waals surface area contributed by atoms with Crippen LogP contribution in [0.15, 0.2) is 30.9 Å². The Morgan fingerprint density at radius 2 is 2.24 bits per heavy atom. The third-order valence-electron chi connectivity index (χ3n) is 2.96. The van der Waals surface area contributed by atoms with E-state index in [1.807, 2.05) is 31.9 Å². The molecule has 1 unspecified atom stereocenters. The maximum atomic E-state index is 14.0. The van der Waals surface area contributed by atoms with Crippen molar-refractivity contribution < 1.29 is 4.39 Å². The molecule has 1 aromatic rings. The molecule has 0 aromatic heterocycles. The van der Waals surface area contributed by atoms with Crippen molar-refractivity contribution >= 4 is 5.69 Å². The van der Waals surface area contributed by atoms with Gasteiger partial charge < -0.3 is 10.2 Å². The molecule has 0 aliphatic rings. The number of halogens is 1. The molecule has 0 fully saturated rings. The first kappa shape index (κ1) is 13.7. The summed E-state index contributed by atoms with van der Waals surface area (Å²) >= 11 is 0. The average molecular weight is 236 g/mol. The van der Waals surface area contributed by atoms with Crippen LogP contribution in [0, 0.1) is 5.82 Å². The lowest BCUT2D eigenvalue weighted by molar-refractivity contribution is 0.601. The van der Waals surface area contributed by atoms with Gasteiger partial charge in [0.05, 0.1) is 5.69 Å². The van der Waals surface area contributed by atoms with Crippen LogP contribution in [0.3, 0.4) is 0 Å². The van der Waals surface area contributed by atoms with Crippen molar-refractivity contribution in [3.63, 3.8) is 0 Å². The number of anilines is 1. The van der Waals surface area contributed by atoms with E-state index in [1.54, 1.807) is 12.1 Å². The summed E-state index contributed by atoms with van der Waals surface area (Å²) in [6, 6.07) is 5.35. The molecule has 1 N–H and O–H groups in total. The Labute approximate surface area is 103 Å². The number of nitrogens with one attached hydrogen (secondary N) is 1. The Balaban J connectivity index is 3.22. The van der Waals surface area contributed by atoms with Gasteiger partial charge in [-0.3, -0.25) is 0 Å². The van der Waals surface area contributed by atoms with Gasteiger partial charge in [0.2, 0.25) is 0 Å². The lowest BCUT2D eigenvalue weighted by atomic mass is 10.0. The average Bonchev–Trinajstić information content (AvgIpc) is 2.35. The first-order chi connectivity index (χ1) is 8.15. The Bertz CT molecular complexity index is 376. The predicted molar refractivity (Wildman–Crippen MR) is 72.0 cm³/mol. The molecule has 94 valence electrons. The molecule has 2 nitrogen and oxygen atoms in total. The Morgan fingerprint density at radius 3 is 2.76 bits per heavy atom. The number of benzene rings is 1. The fraction of sp³-hybridized carbons (Fsp3) is 0.429. The van der Waals surface area contributed by atoms with Gasteiger partial charge in [0, 0.05) is 19.1 Å². The minimum Gasteiger partial charge on any atom is -0.365 e. The van der Waals surface area contributed by atoms with Crippen LogP contribution in [0.1, 0.15) is 25.5 Å². The third kappa shape index (κ3) is 3.07. The molecule has 1 aromatic carbocycles. The van der Waals surface area contributed by atoms with Crippen LogP contribution < -0.4 is 10.2 Å². The zero-order valence-electron chi connectivity index (χ0n) is 10.8. The summed E-state index contributed by atoms with van der Waals surface area (Å²) < 4.78 is 14.0. The molecule has 0 bridgehead atoms. The van der Waals surface area contributed by atoms with Gasteiger partial charge in [-0.15, -0.1) is 6.58 Å². The summed E-state index contributed by atoms with van der Waals surface area (Å²) in [7, 11) is 1.88. The first-order valence-electron chi connectivity index (χ1n) is 5.97. The van der Waals surface area contributed by atoms with Crippen LogP contribution in [0.4, 0.5) is 10.1 Å². The normalized spacial score (nSPS) is 12.2. The molecule has 3 heteroatoms.